The fraction of sp³-hybridized carbons (Fsp3) is 0.400. The molecule has 0 saturated carbocycles. The third-order valence-corrected chi connectivity index (χ3v) is 2.44. The highest BCUT2D eigenvalue weighted by atomic mass is 16.5. The highest BCUT2D eigenvalue weighted by molar-refractivity contribution is 5.87. The summed E-state index contributed by atoms with van der Waals surface area (Å²) in [4.78, 5) is 11.1. The van der Waals surface area contributed by atoms with Gasteiger partial charge in [-0.2, -0.15) is 0 Å². The summed E-state index contributed by atoms with van der Waals surface area (Å²) < 4.78 is 15.5. The molecule has 1 rings (SSSR count). The first-order valence-electron chi connectivity index (χ1n) is 6.28. The quantitative estimate of drug-likeness (QED) is 0.561. The summed E-state index contributed by atoms with van der Waals surface area (Å²) in [5.41, 5.74) is 0.533. The topological polar surface area (TPSA) is 44.8 Å². The molecule has 4 nitrogen and oxygen atoms in total. The molecule has 0 spiro atoms. The number of benzene rings is 1. The molecule has 1 aromatic rings. The first-order chi connectivity index (χ1) is 9.17. The average Bonchev–Trinajstić information content (AvgIpc) is 2.45. The molecule has 0 N–H and O–H groups in total. The maximum absolute atomic E-state index is 11.1. The zero-order valence-electron chi connectivity index (χ0n) is 11.6. The minimum Gasteiger partial charge on any atom is -0.494 e. The number of hydrogen-bond acceptors (Lipinski definition) is 4. The van der Waals surface area contributed by atoms with Gasteiger partial charge >= 0.3 is 5.97 Å². The van der Waals surface area contributed by atoms with Gasteiger partial charge in [-0.15, -0.1) is 0 Å². The van der Waals surface area contributed by atoms with Gasteiger partial charge in [0.05, 0.1) is 13.7 Å². The molecular weight excluding hydrogens is 244 g/mol. The third-order valence-electron chi connectivity index (χ3n) is 2.44. The van der Waals surface area contributed by atoms with Crippen molar-refractivity contribution < 1.29 is 19.0 Å². The van der Waals surface area contributed by atoms with Crippen LogP contribution in [-0.4, -0.2) is 26.3 Å². The van der Waals surface area contributed by atoms with Crippen molar-refractivity contribution in [1.29, 1.82) is 0 Å². The van der Waals surface area contributed by atoms with Crippen molar-refractivity contribution >= 4 is 5.97 Å². The van der Waals surface area contributed by atoms with E-state index in [1.807, 2.05) is 24.3 Å². The molecule has 19 heavy (non-hydrogen) atoms. The Kier molecular flexibility index (Phi) is 6.50. The molecule has 0 aliphatic heterocycles. The van der Waals surface area contributed by atoms with Crippen LogP contribution in [0.5, 0.6) is 11.5 Å². The smallest absolute Gasteiger partial charge is 0.333 e. The minimum atomic E-state index is -0.341. The van der Waals surface area contributed by atoms with Crippen LogP contribution in [0.1, 0.15) is 20.3 Å². The molecule has 0 aromatic heterocycles. The van der Waals surface area contributed by atoms with Crippen molar-refractivity contribution in [3.63, 3.8) is 0 Å². The Morgan fingerprint density at radius 1 is 1.16 bits per heavy atom. The molecule has 104 valence electrons. The number of methoxy groups -OCH3 is 1. The SMILES string of the molecule is CCCOc1ccc(OCC=C(C)C(=O)OC)cc1. The van der Waals surface area contributed by atoms with Crippen molar-refractivity contribution in [3.05, 3.63) is 35.9 Å². The van der Waals surface area contributed by atoms with Crippen LogP contribution < -0.4 is 9.47 Å². The van der Waals surface area contributed by atoms with Gasteiger partial charge in [0.15, 0.2) is 0 Å². The van der Waals surface area contributed by atoms with E-state index in [1.54, 1.807) is 13.0 Å². The zero-order valence-corrected chi connectivity index (χ0v) is 11.6. The molecule has 0 bridgehead atoms. The molecule has 4 heteroatoms. The second-order valence-corrected chi connectivity index (χ2v) is 4.01. The highest BCUT2D eigenvalue weighted by Gasteiger charge is 2.02. The van der Waals surface area contributed by atoms with Crippen molar-refractivity contribution in [1.82, 2.24) is 0 Å². The molecule has 0 aliphatic carbocycles. The summed E-state index contributed by atoms with van der Waals surface area (Å²) in [6, 6.07) is 7.41. The highest BCUT2D eigenvalue weighted by Crippen LogP contribution is 2.17. The summed E-state index contributed by atoms with van der Waals surface area (Å²) >= 11 is 0. The van der Waals surface area contributed by atoms with Crippen molar-refractivity contribution in [2.75, 3.05) is 20.3 Å². The van der Waals surface area contributed by atoms with Crippen LogP contribution in [0.2, 0.25) is 0 Å². The van der Waals surface area contributed by atoms with Crippen molar-refractivity contribution in [2.45, 2.75) is 20.3 Å². The van der Waals surface area contributed by atoms with E-state index in [0.29, 0.717) is 18.8 Å². The number of hydrogen-bond donors (Lipinski definition) is 0. The lowest BCUT2D eigenvalue weighted by Gasteiger charge is -2.07. The Bertz CT molecular complexity index is 420. The molecule has 0 amide bonds. The lowest BCUT2D eigenvalue weighted by Crippen LogP contribution is -2.04. The Morgan fingerprint density at radius 3 is 2.26 bits per heavy atom. The van der Waals surface area contributed by atoms with E-state index in [2.05, 4.69) is 11.7 Å². The summed E-state index contributed by atoms with van der Waals surface area (Å²) in [5.74, 6) is 1.22. The van der Waals surface area contributed by atoms with E-state index >= 15 is 0 Å². The predicted octanol–water partition coefficient (Wildman–Crippen LogP) is 2.97. The lowest BCUT2D eigenvalue weighted by molar-refractivity contribution is -0.136. The Labute approximate surface area is 114 Å². The van der Waals surface area contributed by atoms with Crippen LogP contribution in [0.4, 0.5) is 0 Å². The minimum absolute atomic E-state index is 0.329. The lowest BCUT2D eigenvalue weighted by atomic mass is 10.3. The van der Waals surface area contributed by atoms with E-state index in [4.69, 9.17) is 9.47 Å². The predicted molar refractivity (Wildman–Crippen MR) is 73.5 cm³/mol. The molecule has 0 unspecified atom stereocenters. The summed E-state index contributed by atoms with van der Waals surface area (Å²) in [7, 11) is 1.36. The standard InChI is InChI=1S/C15H20O4/c1-4-10-18-13-5-7-14(8-6-13)19-11-9-12(2)15(16)17-3/h5-9H,4,10-11H2,1-3H3. The number of carbonyl (C=O) groups excluding carboxylic acids is 1. The fourth-order valence-electron chi connectivity index (χ4n) is 1.36. The van der Waals surface area contributed by atoms with Gasteiger partial charge in [0.2, 0.25) is 0 Å². The van der Waals surface area contributed by atoms with Crippen molar-refractivity contribution in [2.24, 2.45) is 0 Å². The summed E-state index contributed by atoms with van der Waals surface area (Å²) in [6.07, 6.45) is 2.67. The van der Waals surface area contributed by atoms with E-state index in [1.165, 1.54) is 7.11 Å². The van der Waals surface area contributed by atoms with Gasteiger partial charge in [0.25, 0.3) is 0 Å². The Morgan fingerprint density at radius 2 is 1.74 bits per heavy atom. The first kappa shape index (κ1) is 15.1. The van der Waals surface area contributed by atoms with Crippen molar-refractivity contribution in [3.8, 4) is 11.5 Å². The van der Waals surface area contributed by atoms with Gasteiger partial charge in [0, 0.05) is 5.57 Å². The van der Waals surface area contributed by atoms with E-state index < -0.39 is 0 Å². The molecule has 0 aliphatic rings. The Hall–Kier alpha value is -1.97. The van der Waals surface area contributed by atoms with Crippen LogP contribution in [0.15, 0.2) is 35.9 Å². The zero-order chi connectivity index (χ0) is 14.1. The maximum atomic E-state index is 11.1. The molecule has 0 atom stereocenters. The average molecular weight is 264 g/mol. The summed E-state index contributed by atoms with van der Waals surface area (Å²) in [5, 5.41) is 0. The molecule has 0 saturated heterocycles. The molecule has 0 heterocycles. The van der Waals surface area contributed by atoms with E-state index in [0.717, 1.165) is 17.9 Å². The number of ether oxygens (including phenoxy) is 3. The second-order valence-electron chi connectivity index (χ2n) is 4.01. The molecule has 0 fully saturated rings. The Balaban J connectivity index is 2.43. The van der Waals surface area contributed by atoms with Gasteiger partial charge in [-0.3, -0.25) is 0 Å². The molecular formula is C15H20O4. The summed E-state index contributed by atoms with van der Waals surface area (Å²) in [6.45, 7) is 4.79. The number of carbonyl (C=O) groups is 1. The largest absolute Gasteiger partial charge is 0.494 e. The van der Waals surface area contributed by atoms with Gasteiger partial charge in [-0.1, -0.05) is 6.92 Å². The third kappa shape index (κ3) is 5.46. The van der Waals surface area contributed by atoms with Gasteiger partial charge in [0.1, 0.15) is 18.1 Å². The second kappa shape index (κ2) is 8.19. The van der Waals surface area contributed by atoms with Crippen LogP contribution >= 0.6 is 0 Å². The molecule has 0 radical (unpaired) electrons. The van der Waals surface area contributed by atoms with Crippen LogP contribution in [0.25, 0.3) is 0 Å². The van der Waals surface area contributed by atoms with Crippen LogP contribution in [0.3, 0.4) is 0 Å². The van der Waals surface area contributed by atoms with Gasteiger partial charge in [-0.05, 0) is 43.7 Å². The number of rotatable bonds is 7. The number of esters is 1. The van der Waals surface area contributed by atoms with Crippen LogP contribution in [0, 0.1) is 0 Å². The maximum Gasteiger partial charge on any atom is 0.333 e. The van der Waals surface area contributed by atoms with Gasteiger partial charge < -0.3 is 14.2 Å². The first-order valence-corrected chi connectivity index (χ1v) is 6.28. The normalized spacial score (nSPS) is 11.0. The fourth-order valence-corrected chi connectivity index (χ4v) is 1.36. The van der Waals surface area contributed by atoms with Crippen LogP contribution in [-0.2, 0) is 9.53 Å². The van der Waals surface area contributed by atoms with E-state index in [9.17, 15) is 4.79 Å². The monoisotopic (exact) mass is 264 g/mol. The molecule has 1 aromatic carbocycles. The van der Waals surface area contributed by atoms with Gasteiger partial charge in [-0.25, -0.2) is 4.79 Å². The van der Waals surface area contributed by atoms with E-state index in [-0.39, 0.29) is 5.97 Å².